The summed E-state index contributed by atoms with van der Waals surface area (Å²) in [6.45, 7) is 0. The van der Waals surface area contributed by atoms with E-state index >= 15 is 0 Å². The van der Waals surface area contributed by atoms with E-state index in [1.807, 2.05) is 12.1 Å². The first kappa shape index (κ1) is 12.6. The Labute approximate surface area is 114 Å². The summed E-state index contributed by atoms with van der Waals surface area (Å²) in [6, 6.07) is 10.5. The molecule has 4 nitrogen and oxygen atoms in total. The van der Waals surface area contributed by atoms with Gasteiger partial charge >= 0.3 is 0 Å². The summed E-state index contributed by atoms with van der Waals surface area (Å²) in [5.41, 5.74) is 6.86. The number of hydrogen-bond acceptors (Lipinski definition) is 3. The average molecular weight is 306 g/mol. The minimum absolute atomic E-state index is 0.130. The van der Waals surface area contributed by atoms with Crippen LogP contribution in [0.1, 0.15) is 10.4 Å². The van der Waals surface area contributed by atoms with Crippen molar-refractivity contribution < 1.29 is 4.79 Å². The first-order chi connectivity index (χ1) is 8.59. The molecule has 0 aliphatic carbocycles. The summed E-state index contributed by atoms with van der Waals surface area (Å²) < 4.78 is 0.711. The summed E-state index contributed by atoms with van der Waals surface area (Å²) in [5, 5.41) is 0. The number of nitrogens with two attached hydrogens (primary N) is 1. The first-order valence-electron chi connectivity index (χ1n) is 5.33. The predicted molar refractivity (Wildman–Crippen MR) is 75.5 cm³/mol. The topological polar surface area (TPSA) is 59.2 Å². The lowest BCUT2D eigenvalue weighted by Crippen LogP contribution is -2.26. The molecule has 0 aliphatic rings. The van der Waals surface area contributed by atoms with Gasteiger partial charge in [-0.25, -0.2) is 4.98 Å². The van der Waals surface area contributed by atoms with Crippen LogP contribution in [-0.2, 0) is 0 Å². The Morgan fingerprint density at radius 3 is 2.72 bits per heavy atom. The third kappa shape index (κ3) is 2.51. The van der Waals surface area contributed by atoms with E-state index in [9.17, 15) is 4.79 Å². The second kappa shape index (κ2) is 5.18. The van der Waals surface area contributed by atoms with Gasteiger partial charge in [-0.1, -0.05) is 6.07 Å². The van der Waals surface area contributed by atoms with Crippen LogP contribution in [0.25, 0.3) is 0 Å². The summed E-state index contributed by atoms with van der Waals surface area (Å²) in [7, 11) is 1.69. The summed E-state index contributed by atoms with van der Waals surface area (Å²) in [5.74, 6) is 0.477. The fraction of sp³-hybridized carbons (Fsp3) is 0.0769. The van der Waals surface area contributed by atoms with Gasteiger partial charge in [-0.2, -0.15) is 0 Å². The van der Waals surface area contributed by atoms with Crippen molar-refractivity contribution >= 4 is 33.3 Å². The monoisotopic (exact) mass is 305 g/mol. The molecule has 1 aromatic carbocycles. The van der Waals surface area contributed by atoms with E-state index in [-0.39, 0.29) is 5.91 Å². The highest BCUT2D eigenvalue weighted by molar-refractivity contribution is 9.10. The molecule has 1 heterocycles. The molecular formula is C13H12BrN3O. The van der Waals surface area contributed by atoms with Gasteiger partial charge in [0.25, 0.3) is 5.91 Å². The zero-order chi connectivity index (χ0) is 13.1. The third-order valence-corrected chi connectivity index (χ3v) is 3.23. The molecular weight excluding hydrogens is 294 g/mol. The second-order valence-electron chi connectivity index (χ2n) is 3.79. The number of hydrogen-bond donors (Lipinski definition) is 1. The highest BCUT2D eigenvalue weighted by Crippen LogP contribution is 2.22. The Morgan fingerprint density at radius 1 is 1.33 bits per heavy atom. The van der Waals surface area contributed by atoms with E-state index in [0.29, 0.717) is 21.5 Å². The maximum Gasteiger partial charge on any atom is 0.259 e. The lowest BCUT2D eigenvalue weighted by molar-refractivity contribution is 0.0992. The van der Waals surface area contributed by atoms with Crippen LogP contribution in [0.15, 0.2) is 47.1 Å². The molecule has 18 heavy (non-hydrogen) atoms. The molecule has 2 aromatic rings. The van der Waals surface area contributed by atoms with Crippen LogP contribution in [0, 0.1) is 0 Å². The van der Waals surface area contributed by atoms with Crippen molar-refractivity contribution in [2.45, 2.75) is 0 Å². The van der Waals surface area contributed by atoms with Gasteiger partial charge in [0.05, 0.1) is 0 Å². The van der Waals surface area contributed by atoms with E-state index in [1.54, 1.807) is 37.5 Å². The van der Waals surface area contributed by atoms with Crippen LogP contribution < -0.4 is 10.6 Å². The second-order valence-corrected chi connectivity index (χ2v) is 4.64. The number of pyridine rings is 1. The van der Waals surface area contributed by atoms with Gasteiger partial charge in [0.2, 0.25) is 0 Å². The molecule has 0 saturated carbocycles. The smallest absolute Gasteiger partial charge is 0.259 e. The normalized spacial score (nSPS) is 10.1. The zero-order valence-corrected chi connectivity index (χ0v) is 11.4. The number of amides is 1. The zero-order valence-electron chi connectivity index (χ0n) is 9.80. The van der Waals surface area contributed by atoms with Gasteiger partial charge in [-0.15, -0.1) is 0 Å². The molecule has 0 aliphatic heterocycles. The molecule has 2 rings (SSSR count). The molecule has 0 saturated heterocycles. The van der Waals surface area contributed by atoms with Crippen molar-refractivity contribution in [1.82, 2.24) is 4.98 Å². The van der Waals surface area contributed by atoms with Crippen molar-refractivity contribution in [2.75, 3.05) is 17.7 Å². The van der Waals surface area contributed by atoms with Crippen molar-refractivity contribution in [3.63, 3.8) is 0 Å². The van der Waals surface area contributed by atoms with Crippen molar-refractivity contribution in [3.8, 4) is 0 Å². The third-order valence-electron chi connectivity index (χ3n) is 2.54. The minimum atomic E-state index is -0.130. The number of benzene rings is 1. The van der Waals surface area contributed by atoms with Crippen LogP contribution >= 0.6 is 15.9 Å². The summed E-state index contributed by atoms with van der Waals surface area (Å²) >= 11 is 3.31. The predicted octanol–water partition coefficient (Wildman–Crippen LogP) is 2.70. The molecule has 0 spiro atoms. The van der Waals surface area contributed by atoms with E-state index in [1.165, 1.54) is 4.90 Å². The van der Waals surface area contributed by atoms with Gasteiger partial charge < -0.3 is 5.73 Å². The average Bonchev–Trinajstić information content (AvgIpc) is 2.41. The Morgan fingerprint density at radius 2 is 2.11 bits per heavy atom. The molecule has 5 heteroatoms. The standard InChI is InChI=1S/C13H12BrN3O/c1-17(12-4-2-3-7-16-12)13(18)9-5-6-11(15)10(14)8-9/h2-8H,15H2,1H3. The molecule has 0 bridgehead atoms. The number of halogens is 1. The highest BCUT2D eigenvalue weighted by Gasteiger charge is 2.14. The van der Waals surface area contributed by atoms with E-state index in [4.69, 9.17) is 5.73 Å². The maximum absolute atomic E-state index is 12.2. The van der Waals surface area contributed by atoms with Crippen molar-refractivity contribution in [1.29, 1.82) is 0 Å². The van der Waals surface area contributed by atoms with Crippen LogP contribution in [-0.4, -0.2) is 17.9 Å². The Hall–Kier alpha value is -1.88. The van der Waals surface area contributed by atoms with Gasteiger partial charge in [0.15, 0.2) is 0 Å². The molecule has 92 valence electrons. The molecule has 1 amide bonds. The minimum Gasteiger partial charge on any atom is -0.398 e. The number of aromatic nitrogens is 1. The Balaban J connectivity index is 2.29. The summed E-state index contributed by atoms with van der Waals surface area (Å²) in [6.07, 6.45) is 1.65. The van der Waals surface area contributed by atoms with Gasteiger partial charge in [0, 0.05) is 29.0 Å². The number of carbonyl (C=O) groups excluding carboxylic acids is 1. The number of nitrogens with zero attached hydrogens (tertiary/aromatic N) is 2. The fourth-order valence-electron chi connectivity index (χ4n) is 1.51. The Kier molecular flexibility index (Phi) is 3.62. The number of carbonyl (C=O) groups is 1. The maximum atomic E-state index is 12.2. The van der Waals surface area contributed by atoms with Crippen molar-refractivity contribution in [2.24, 2.45) is 0 Å². The lowest BCUT2D eigenvalue weighted by Gasteiger charge is -2.16. The van der Waals surface area contributed by atoms with E-state index in [2.05, 4.69) is 20.9 Å². The molecule has 2 N–H and O–H groups in total. The Bertz CT molecular complexity index is 572. The number of rotatable bonds is 2. The van der Waals surface area contributed by atoms with Crippen LogP contribution in [0.5, 0.6) is 0 Å². The largest absolute Gasteiger partial charge is 0.398 e. The summed E-state index contributed by atoms with van der Waals surface area (Å²) in [4.78, 5) is 17.9. The van der Waals surface area contributed by atoms with E-state index < -0.39 is 0 Å². The van der Waals surface area contributed by atoms with Crippen LogP contribution in [0.4, 0.5) is 11.5 Å². The van der Waals surface area contributed by atoms with Gasteiger partial charge in [-0.05, 0) is 46.3 Å². The lowest BCUT2D eigenvalue weighted by atomic mass is 10.2. The molecule has 0 radical (unpaired) electrons. The van der Waals surface area contributed by atoms with Gasteiger partial charge in [-0.3, -0.25) is 9.69 Å². The quantitative estimate of drug-likeness (QED) is 0.868. The van der Waals surface area contributed by atoms with Crippen LogP contribution in [0.3, 0.4) is 0 Å². The number of anilines is 2. The first-order valence-corrected chi connectivity index (χ1v) is 6.13. The fourth-order valence-corrected chi connectivity index (χ4v) is 1.89. The molecule has 0 fully saturated rings. The number of nitrogen functional groups attached to an aromatic ring is 1. The van der Waals surface area contributed by atoms with Crippen LogP contribution in [0.2, 0.25) is 0 Å². The molecule has 1 aromatic heterocycles. The SMILES string of the molecule is CN(C(=O)c1ccc(N)c(Br)c1)c1ccccn1. The molecule has 0 unspecified atom stereocenters. The van der Waals surface area contributed by atoms with E-state index in [0.717, 1.165) is 0 Å². The van der Waals surface area contributed by atoms with Gasteiger partial charge in [0.1, 0.15) is 5.82 Å². The van der Waals surface area contributed by atoms with Crippen molar-refractivity contribution in [3.05, 3.63) is 52.6 Å². The highest BCUT2D eigenvalue weighted by atomic mass is 79.9. The molecule has 0 atom stereocenters.